The molecule has 22 heavy (non-hydrogen) atoms. The van der Waals surface area contributed by atoms with Crippen LogP contribution in [0.5, 0.6) is 0 Å². The van der Waals surface area contributed by atoms with E-state index >= 15 is 0 Å². The van der Waals surface area contributed by atoms with E-state index in [2.05, 4.69) is 4.98 Å². The summed E-state index contributed by atoms with van der Waals surface area (Å²) in [6.07, 6.45) is 2.19. The summed E-state index contributed by atoms with van der Waals surface area (Å²) in [7, 11) is -3.02. The van der Waals surface area contributed by atoms with E-state index in [9.17, 15) is 13.2 Å². The molecule has 1 amide bonds. The van der Waals surface area contributed by atoms with Crippen LogP contribution in [0.2, 0.25) is 0 Å². The number of hydrogen-bond donors (Lipinski definition) is 0. The number of aromatic nitrogens is 1. The predicted octanol–water partition coefficient (Wildman–Crippen LogP) is 1.88. The van der Waals surface area contributed by atoms with Crippen molar-refractivity contribution in [2.24, 2.45) is 0 Å². The standard InChI is InChI=1S/C16H18N2O3S/c1-2-18(14-7-8-22(20,21)11-14)16(19)15-9-12-5-3-4-6-13(12)10-17-15/h3-6,9-10,14H,2,7-8,11H2,1H3. The van der Waals surface area contributed by atoms with Gasteiger partial charge in [-0.05, 0) is 24.8 Å². The monoisotopic (exact) mass is 318 g/mol. The number of carbonyl (C=O) groups is 1. The average Bonchev–Trinajstić information content (AvgIpc) is 2.87. The second-order valence-corrected chi connectivity index (χ2v) is 7.79. The van der Waals surface area contributed by atoms with Crippen molar-refractivity contribution in [3.05, 3.63) is 42.2 Å². The molecule has 0 radical (unpaired) electrons. The highest BCUT2D eigenvalue weighted by Crippen LogP contribution is 2.20. The first-order valence-electron chi connectivity index (χ1n) is 7.36. The molecule has 3 rings (SSSR count). The molecular weight excluding hydrogens is 300 g/mol. The molecular formula is C16H18N2O3S. The van der Waals surface area contributed by atoms with Crippen LogP contribution in [0.3, 0.4) is 0 Å². The molecule has 1 unspecified atom stereocenters. The molecule has 1 aliphatic heterocycles. The maximum Gasteiger partial charge on any atom is 0.272 e. The first-order chi connectivity index (χ1) is 10.5. The number of amides is 1. The zero-order valence-electron chi connectivity index (χ0n) is 12.4. The highest BCUT2D eigenvalue weighted by atomic mass is 32.2. The topological polar surface area (TPSA) is 67.3 Å². The summed E-state index contributed by atoms with van der Waals surface area (Å²) in [6.45, 7) is 2.34. The zero-order valence-corrected chi connectivity index (χ0v) is 13.2. The minimum absolute atomic E-state index is 0.0557. The van der Waals surface area contributed by atoms with Crippen molar-refractivity contribution in [2.75, 3.05) is 18.1 Å². The molecule has 0 spiro atoms. The fourth-order valence-electron chi connectivity index (χ4n) is 2.94. The Hall–Kier alpha value is -1.95. The molecule has 0 aliphatic carbocycles. The van der Waals surface area contributed by atoms with Crippen molar-refractivity contribution in [3.63, 3.8) is 0 Å². The van der Waals surface area contributed by atoms with E-state index in [1.165, 1.54) is 0 Å². The van der Waals surface area contributed by atoms with Crippen LogP contribution in [0.4, 0.5) is 0 Å². The van der Waals surface area contributed by atoms with E-state index in [1.54, 1.807) is 17.2 Å². The van der Waals surface area contributed by atoms with Gasteiger partial charge in [-0.2, -0.15) is 0 Å². The highest BCUT2D eigenvalue weighted by molar-refractivity contribution is 7.91. The number of carbonyl (C=O) groups excluding carboxylic acids is 1. The molecule has 6 heteroatoms. The van der Waals surface area contributed by atoms with Crippen molar-refractivity contribution >= 4 is 26.5 Å². The van der Waals surface area contributed by atoms with Gasteiger partial charge in [-0.15, -0.1) is 0 Å². The van der Waals surface area contributed by atoms with Crippen LogP contribution in [-0.4, -0.2) is 48.3 Å². The van der Waals surface area contributed by atoms with Gasteiger partial charge in [-0.1, -0.05) is 24.3 Å². The van der Waals surface area contributed by atoms with E-state index in [1.807, 2.05) is 31.2 Å². The lowest BCUT2D eigenvalue weighted by Gasteiger charge is -2.26. The largest absolute Gasteiger partial charge is 0.334 e. The van der Waals surface area contributed by atoms with Crippen LogP contribution in [0.15, 0.2) is 36.5 Å². The Kier molecular flexibility index (Phi) is 3.87. The van der Waals surface area contributed by atoms with Crippen molar-refractivity contribution in [3.8, 4) is 0 Å². The van der Waals surface area contributed by atoms with Gasteiger partial charge in [0.1, 0.15) is 5.69 Å². The van der Waals surface area contributed by atoms with Crippen molar-refractivity contribution in [1.82, 2.24) is 9.88 Å². The van der Waals surface area contributed by atoms with E-state index in [-0.39, 0.29) is 23.5 Å². The summed E-state index contributed by atoms with van der Waals surface area (Å²) < 4.78 is 23.3. The molecule has 1 aromatic heterocycles. The van der Waals surface area contributed by atoms with Crippen molar-refractivity contribution in [1.29, 1.82) is 0 Å². The third-order valence-electron chi connectivity index (χ3n) is 4.10. The first-order valence-corrected chi connectivity index (χ1v) is 9.18. The number of sulfone groups is 1. The molecule has 1 aromatic carbocycles. The van der Waals surface area contributed by atoms with Crippen LogP contribution in [0.25, 0.3) is 10.8 Å². The predicted molar refractivity (Wildman–Crippen MR) is 85.5 cm³/mol. The molecule has 0 bridgehead atoms. The van der Waals surface area contributed by atoms with Gasteiger partial charge >= 0.3 is 0 Å². The van der Waals surface area contributed by atoms with Gasteiger partial charge in [-0.25, -0.2) is 8.42 Å². The third kappa shape index (κ3) is 2.83. The number of nitrogens with zero attached hydrogens (tertiary/aromatic N) is 2. The van der Waals surface area contributed by atoms with Gasteiger partial charge in [0.15, 0.2) is 9.84 Å². The van der Waals surface area contributed by atoms with Gasteiger partial charge in [0.2, 0.25) is 0 Å². The SMILES string of the molecule is CCN(C(=O)c1cc2ccccc2cn1)C1CCS(=O)(=O)C1. The minimum atomic E-state index is -3.02. The summed E-state index contributed by atoms with van der Waals surface area (Å²) in [5.74, 6) is 0.0163. The molecule has 0 N–H and O–H groups in total. The average molecular weight is 318 g/mol. The highest BCUT2D eigenvalue weighted by Gasteiger charge is 2.34. The molecule has 0 saturated carbocycles. The zero-order chi connectivity index (χ0) is 15.7. The van der Waals surface area contributed by atoms with Gasteiger partial charge in [0.25, 0.3) is 5.91 Å². The Morgan fingerprint density at radius 3 is 2.68 bits per heavy atom. The van der Waals surface area contributed by atoms with E-state index in [4.69, 9.17) is 0 Å². The second-order valence-electron chi connectivity index (χ2n) is 5.56. The smallest absolute Gasteiger partial charge is 0.272 e. The summed E-state index contributed by atoms with van der Waals surface area (Å²) in [4.78, 5) is 18.6. The van der Waals surface area contributed by atoms with Crippen LogP contribution in [-0.2, 0) is 9.84 Å². The quantitative estimate of drug-likeness (QED) is 0.866. The maximum absolute atomic E-state index is 12.7. The van der Waals surface area contributed by atoms with Crippen LogP contribution in [0, 0.1) is 0 Å². The van der Waals surface area contributed by atoms with Gasteiger partial charge in [0.05, 0.1) is 11.5 Å². The van der Waals surface area contributed by atoms with E-state index < -0.39 is 9.84 Å². The lowest BCUT2D eigenvalue weighted by Crippen LogP contribution is -2.41. The molecule has 116 valence electrons. The third-order valence-corrected chi connectivity index (χ3v) is 5.85. The number of hydrogen-bond acceptors (Lipinski definition) is 4. The second kappa shape index (κ2) is 5.68. The molecule has 1 fully saturated rings. The van der Waals surface area contributed by atoms with E-state index in [0.29, 0.717) is 18.7 Å². The normalized spacial score (nSPS) is 20.1. The summed E-state index contributed by atoms with van der Waals surface area (Å²) in [6, 6.07) is 9.24. The lowest BCUT2D eigenvalue weighted by molar-refractivity contribution is 0.0702. The van der Waals surface area contributed by atoms with Crippen molar-refractivity contribution in [2.45, 2.75) is 19.4 Å². The van der Waals surface area contributed by atoms with Gasteiger partial charge in [0, 0.05) is 24.2 Å². The van der Waals surface area contributed by atoms with E-state index in [0.717, 1.165) is 10.8 Å². The Morgan fingerprint density at radius 1 is 1.32 bits per heavy atom. The van der Waals surface area contributed by atoms with Crippen LogP contribution >= 0.6 is 0 Å². The number of benzene rings is 1. The summed E-state index contributed by atoms with van der Waals surface area (Å²) in [5.41, 5.74) is 0.366. The van der Waals surface area contributed by atoms with Crippen LogP contribution < -0.4 is 0 Å². The Morgan fingerprint density at radius 2 is 2.05 bits per heavy atom. The number of pyridine rings is 1. The Labute approximate surface area is 129 Å². The summed E-state index contributed by atoms with van der Waals surface area (Å²) in [5, 5.41) is 1.93. The molecule has 5 nitrogen and oxygen atoms in total. The van der Waals surface area contributed by atoms with Crippen LogP contribution in [0.1, 0.15) is 23.8 Å². The molecule has 1 atom stereocenters. The maximum atomic E-state index is 12.7. The number of fused-ring (bicyclic) bond motifs is 1. The molecule has 1 saturated heterocycles. The lowest BCUT2D eigenvalue weighted by atomic mass is 10.1. The molecule has 2 aromatic rings. The minimum Gasteiger partial charge on any atom is -0.334 e. The fraction of sp³-hybridized carbons (Fsp3) is 0.375. The molecule has 2 heterocycles. The summed E-state index contributed by atoms with van der Waals surface area (Å²) >= 11 is 0. The van der Waals surface area contributed by atoms with Gasteiger partial charge < -0.3 is 4.90 Å². The molecule has 1 aliphatic rings. The van der Waals surface area contributed by atoms with Crippen molar-refractivity contribution < 1.29 is 13.2 Å². The Balaban J connectivity index is 1.89. The number of rotatable bonds is 3. The fourth-order valence-corrected chi connectivity index (χ4v) is 4.67. The first kappa shape index (κ1) is 15.0. The van der Waals surface area contributed by atoms with Gasteiger partial charge in [-0.3, -0.25) is 9.78 Å². The Bertz CT molecular complexity index is 817.